The van der Waals surface area contributed by atoms with Crippen molar-refractivity contribution in [3.05, 3.63) is 34.3 Å². The van der Waals surface area contributed by atoms with Gasteiger partial charge in [0.25, 0.3) is 5.56 Å². The van der Waals surface area contributed by atoms with Crippen LogP contribution in [0.3, 0.4) is 0 Å². The molecule has 3 N–H and O–H groups in total. The largest absolute Gasteiger partial charge is 0.423 e. The van der Waals surface area contributed by atoms with Crippen LogP contribution in [-0.2, 0) is 6.18 Å². The van der Waals surface area contributed by atoms with E-state index in [0.29, 0.717) is 6.42 Å². The van der Waals surface area contributed by atoms with Crippen LogP contribution in [0.25, 0.3) is 0 Å². The third-order valence-electron chi connectivity index (χ3n) is 2.55. The number of rotatable bonds is 6. The molecule has 0 aliphatic heterocycles. The number of hydrogen-bond donors (Lipinski definition) is 3. The fourth-order valence-corrected chi connectivity index (χ4v) is 1.74. The zero-order valence-electron chi connectivity index (χ0n) is 10.9. The molecule has 0 spiro atoms. The number of halogens is 3. The van der Waals surface area contributed by atoms with Gasteiger partial charge in [-0.3, -0.25) is 4.79 Å². The van der Waals surface area contributed by atoms with E-state index in [9.17, 15) is 18.0 Å². The summed E-state index contributed by atoms with van der Waals surface area (Å²) in [5.74, 6) is 0. The summed E-state index contributed by atoms with van der Waals surface area (Å²) in [6.07, 6.45) is 0.439. The molecule has 0 radical (unpaired) electrons. The molecule has 1 heterocycles. The fraction of sp³-hybridized carbons (Fsp3) is 0.500. The van der Waals surface area contributed by atoms with Gasteiger partial charge >= 0.3 is 6.18 Å². The summed E-state index contributed by atoms with van der Waals surface area (Å²) in [7, 11) is 0. The number of nitrogens with one attached hydrogen (secondary N) is 2. The van der Waals surface area contributed by atoms with Crippen LogP contribution >= 0.6 is 0 Å². The van der Waals surface area contributed by atoms with Crippen molar-refractivity contribution in [2.75, 3.05) is 11.9 Å². The maximum absolute atomic E-state index is 12.9. The third kappa shape index (κ3) is 4.37. The molecule has 1 rings (SSSR count). The van der Waals surface area contributed by atoms with Gasteiger partial charge in [-0.05, 0) is 6.42 Å². The Balaban J connectivity index is 3.10. The van der Waals surface area contributed by atoms with Gasteiger partial charge in [-0.25, -0.2) is 5.10 Å². The predicted molar refractivity (Wildman–Crippen MR) is 68.4 cm³/mol. The fourth-order valence-electron chi connectivity index (χ4n) is 1.74. The summed E-state index contributed by atoms with van der Waals surface area (Å²) in [4.78, 5) is 11.3. The van der Waals surface area contributed by atoms with Crippen molar-refractivity contribution in [2.45, 2.75) is 32.0 Å². The van der Waals surface area contributed by atoms with Crippen molar-refractivity contribution in [3.63, 3.8) is 0 Å². The average molecular weight is 291 g/mol. The highest BCUT2D eigenvalue weighted by molar-refractivity contribution is 5.50. The third-order valence-corrected chi connectivity index (χ3v) is 2.55. The van der Waals surface area contributed by atoms with E-state index < -0.39 is 23.3 Å². The van der Waals surface area contributed by atoms with Gasteiger partial charge in [-0.1, -0.05) is 25.5 Å². The first-order valence-corrected chi connectivity index (χ1v) is 6.09. The molecule has 112 valence electrons. The Morgan fingerprint density at radius 1 is 1.55 bits per heavy atom. The number of alkyl halides is 3. The van der Waals surface area contributed by atoms with Crippen LogP contribution < -0.4 is 10.9 Å². The molecule has 0 bridgehead atoms. The molecular formula is C12H16F3N3O2. The second-order valence-electron chi connectivity index (χ2n) is 4.14. The zero-order valence-corrected chi connectivity index (χ0v) is 10.9. The monoisotopic (exact) mass is 291 g/mol. The molecule has 0 fully saturated rings. The lowest BCUT2D eigenvalue weighted by Crippen LogP contribution is -2.27. The van der Waals surface area contributed by atoms with Gasteiger partial charge in [0.2, 0.25) is 0 Å². The second-order valence-corrected chi connectivity index (χ2v) is 4.14. The second kappa shape index (κ2) is 7.09. The Morgan fingerprint density at radius 2 is 2.25 bits per heavy atom. The standard InChI is InChI=1S/C12H16F3N3O2/c1-2-4-8(5-3-6-19)17-9-7-16-18-11(20)10(9)12(13,14)15/h3,5,7-8,19H,2,4,6H2,1H3,(H2,17,18,20)/b5-3+/t8-/m0/s1. The first-order valence-electron chi connectivity index (χ1n) is 6.09. The van der Waals surface area contributed by atoms with Gasteiger partial charge in [0.15, 0.2) is 0 Å². The van der Waals surface area contributed by atoms with E-state index in [-0.39, 0.29) is 12.3 Å². The number of aromatic nitrogens is 2. The topological polar surface area (TPSA) is 78.0 Å². The Bertz CT molecular complexity index is 511. The first kappa shape index (κ1) is 16.2. The Morgan fingerprint density at radius 3 is 2.80 bits per heavy atom. The van der Waals surface area contributed by atoms with Crippen molar-refractivity contribution < 1.29 is 18.3 Å². The van der Waals surface area contributed by atoms with Gasteiger partial charge in [-0.15, -0.1) is 0 Å². The lowest BCUT2D eigenvalue weighted by molar-refractivity contribution is -0.138. The molecule has 0 unspecified atom stereocenters. The quantitative estimate of drug-likeness (QED) is 0.700. The van der Waals surface area contributed by atoms with E-state index in [4.69, 9.17) is 5.11 Å². The molecule has 20 heavy (non-hydrogen) atoms. The number of H-pyrrole nitrogens is 1. The zero-order chi connectivity index (χ0) is 15.2. The summed E-state index contributed by atoms with van der Waals surface area (Å²) in [6.45, 7) is 1.67. The minimum Gasteiger partial charge on any atom is -0.392 e. The lowest BCUT2D eigenvalue weighted by atomic mass is 10.1. The summed E-state index contributed by atoms with van der Waals surface area (Å²) in [5, 5.41) is 16.5. The summed E-state index contributed by atoms with van der Waals surface area (Å²) in [5.41, 5.74) is -2.96. The average Bonchev–Trinajstić information content (AvgIpc) is 2.34. The molecule has 0 aromatic carbocycles. The predicted octanol–water partition coefficient (Wildman–Crippen LogP) is 1.92. The molecule has 8 heteroatoms. The lowest BCUT2D eigenvalue weighted by Gasteiger charge is -2.18. The maximum atomic E-state index is 12.9. The van der Waals surface area contributed by atoms with Crippen LogP contribution in [0.2, 0.25) is 0 Å². The van der Waals surface area contributed by atoms with Crippen LogP contribution in [0, 0.1) is 0 Å². The van der Waals surface area contributed by atoms with Crippen LogP contribution in [0.5, 0.6) is 0 Å². The number of aliphatic hydroxyl groups is 1. The van der Waals surface area contributed by atoms with Crippen molar-refractivity contribution >= 4 is 5.69 Å². The minimum absolute atomic E-state index is 0.207. The molecule has 0 aliphatic carbocycles. The van der Waals surface area contributed by atoms with Crippen LogP contribution in [0.4, 0.5) is 18.9 Å². The number of anilines is 1. The smallest absolute Gasteiger partial charge is 0.392 e. The number of aliphatic hydroxyl groups excluding tert-OH is 1. The van der Waals surface area contributed by atoms with Crippen molar-refractivity contribution in [2.24, 2.45) is 0 Å². The molecule has 0 aliphatic rings. The van der Waals surface area contributed by atoms with Gasteiger partial charge < -0.3 is 10.4 Å². The highest BCUT2D eigenvalue weighted by Gasteiger charge is 2.37. The molecule has 0 saturated heterocycles. The highest BCUT2D eigenvalue weighted by atomic mass is 19.4. The summed E-state index contributed by atoms with van der Waals surface area (Å²) in [6, 6.07) is -0.420. The molecule has 0 amide bonds. The minimum atomic E-state index is -4.77. The van der Waals surface area contributed by atoms with Crippen molar-refractivity contribution in [1.29, 1.82) is 0 Å². The number of hydrogen-bond acceptors (Lipinski definition) is 4. The van der Waals surface area contributed by atoms with E-state index in [2.05, 4.69) is 10.4 Å². The molecule has 1 atom stereocenters. The van der Waals surface area contributed by atoms with E-state index in [0.717, 1.165) is 12.6 Å². The van der Waals surface area contributed by atoms with Crippen LogP contribution in [0.1, 0.15) is 25.3 Å². The van der Waals surface area contributed by atoms with E-state index in [1.165, 1.54) is 6.08 Å². The van der Waals surface area contributed by atoms with Crippen LogP contribution in [-0.4, -0.2) is 28.0 Å². The molecule has 1 aromatic heterocycles. The van der Waals surface area contributed by atoms with Crippen molar-refractivity contribution in [1.82, 2.24) is 10.2 Å². The van der Waals surface area contributed by atoms with E-state index in [1.807, 2.05) is 6.92 Å². The first-order chi connectivity index (χ1) is 9.40. The molecular weight excluding hydrogens is 275 g/mol. The SMILES string of the molecule is CCC[C@@H](/C=C/CO)Nc1cn[nH]c(=O)c1C(F)(F)F. The maximum Gasteiger partial charge on any atom is 0.423 e. The van der Waals surface area contributed by atoms with Gasteiger partial charge in [0.1, 0.15) is 5.56 Å². The Hall–Kier alpha value is -1.83. The van der Waals surface area contributed by atoms with E-state index >= 15 is 0 Å². The van der Waals surface area contributed by atoms with Gasteiger partial charge in [-0.2, -0.15) is 18.3 Å². The molecule has 1 aromatic rings. The summed E-state index contributed by atoms with van der Waals surface area (Å²) < 4.78 is 38.6. The van der Waals surface area contributed by atoms with Gasteiger partial charge in [0.05, 0.1) is 18.5 Å². The number of nitrogens with zero attached hydrogens (tertiary/aromatic N) is 1. The highest BCUT2D eigenvalue weighted by Crippen LogP contribution is 2.31. The van der Waals surface area contributed by atoms with Gasteiger partial charge in [0, 0.05) is 6.04 Å². The number of aromatic amines is 1. The van der Waals surface area contributed by atoms with E-state index in [1.54, 1.807) is 11.2 Å². The summed E-state index contributed by atoms with van der Waals surface area (Å²) >= 11 is 0. The Kier molecular flexibility index (Phi) is 5.75. The van der Waals surface area contributed by atoms with Crippen LogP contribution in [0.15, 0.2) is 23.1 Å². The molecule has 0 saturated carbocycles. The van der Waals surface area contributed by atoms with Crippen molar-refractivity contribution in [3.8, 4) is 0 Å². The normalized spacial score (nSPS) is 13.7. The Labute approximate surface area is 113 Å². The molecule has 5 nitrogen and oxygen atoms in total.